The molecule has 0 aliphatic carbocycles. The summed E-state index contributed by atoms with van der Waals surface area (Å²) in [4.78, 5) is 13.0. The summed E-state index contributed by atoms with van der Waals surface area (Å²) >= 11 is 0. The number of esters is 1. The maximum absolute atomic E-state index is 13.0. The summed E-state index contributed by atoms with van der Waals surface area (Å²) in [5.74, 6) is -0.391. The van der Waals surface area contributed by atoms with E-state index >= 15 is 0 Å². The number of aliphatic hydroxyl groups is 3. The van der Waals surface area contributed by atoms with Gasteiger partial charge in [0, 0.05) is 13.0 Å². The van der Waals surface area contributed by atoms with Gasteiger partial charge >= 0.3 is 16.4 Å². The first-order chi connectivity index (χ1) is 37.1. The van der Waals surface area contributed by atoms with E-state index in [1.807, 2.05) is 0 Å². The number of carbonyl (C=O) groups is 1. The highest BCUT2D eigenvalue weighted by atomic mass is 32.3. The van der Waals surface area contributed by atoms with E-state index in [1.165, 1.54) is 257 Å². The van der Waals surface area contributed by atoms with Crippen LogP contribution in [-0.4, -0.2) is 97.5 Å². The second kappa shape index (κ2) is 54.4. The third-order valence-electron chi connectivity index (χ3n) is 15.4. The minimum Gasteiger partial charge on any atom is -0.457 e. The van der Waals surface area contributed by atoms with Crippen molar-refractivity contribution < 1.29 is 56.2 Å². The number of allylic oxidation sites excluding steroid dienone is 2. The van der Waals surface area contributed by atoms with Crippen LogP contribution in [0.25, 0.3) is 0 Å². The lowest BCUT2D eigenvalue weighted by Gasteiger charge is -2.41. The SMILES string of the molecule is CCCCCCCCCC/C=C\CCCCCCCCCCCCCC(=O)OC(COCCCCCCCCCCCCCCCCCCCCCCCCCCCC)COC1OC(CO)C(O)C(OS(=O)(=O)O)C1O. The highest BCUT2D eigenvalue weighted by molar-refractivity contribution is 7.80. The third-order valence-corrected chi connectivity index (χ3v) is 15.9. The second-order valence-corrected chi connectivity index (χ2v) is 23.8. The standard InChI is InChI=1S/C63H122O12S/c1-3-5-7-9-11-13-15-17-19-21-23-25-27-28-29-31-33-35-37-39-41-43-45-47-49-51-53-71-55-57(56-72-63-61(67)62(75-76(68,69)70)60(66)58(54-64)74-63)73-59(65)52-50-48-46-44-42-40-38-36-34-32-30-26-24-22-20-18-16-14-12-10-8-6-4-2/h22,24,57-58,60-64,66-67H,3-21,23,25-56H2,1-2H3,(H,68,69,70)/b24-22-. The van der Waals surface area contributed by atoms with Gasteiger partial charge in [-0.05, 0) is 38.5 Å². The molecule has 0 radical (unpaired) electrons. The monoisotopic (exact) mass is 1100 g/mol. The Morgan fingerprint density at radius 2 is 0.829 bits per heavy atom. The zero-order valence-corrected chi connectivity index (χ0v) is 50.2. The molecule has 1 saturated heterocycles. The average Bonchev–Trinajstić information content (AvgIpc) is 3.40. The van der Waals surface area contributed by atoms with Crippen molar-refractivity contribution >= 4 is 16.4 Å². The van der Waals surface area contributed by atoms with Gasteiger partial charge in [0.25, 0.3) is 0 Å². The zero-order valence-electron chi connectivity index (χ0n) is 49.4. The maximum atomic E-state index is 13.0. The third kappa shape index (κ3) is 46.6. The van der Waals surface area contributed by atoms with E-state index in [1.54, 1.807) is 0 Å². The molecule has 6 atom stereocenters. The molecule has 0 aromatic heterocycles. The molecule has 6 unspecified atom stereocenters. The van der Waals surface area contributed by atoms with Crippen LogP contribution in [0.5, 0.6) is 0 Å². The van der Waals surface area contributed by atoms with Crippen LogP contribution in [0.4, 0.5) is 0 Å². The lowest BCUT2D eigenvalue weighted by atomic mass is 9.99. The van der Waals surface area contributed by atoms with E-state index in [-0.39, 0.29) is 19.6 Å². The summed E-state index contributed by atoms with van der Waals surface area (Å²) in [6, 6.07) is 0. The predicted octanol–water partition coefficient (Wildman–Crippen LogP) is 16.9. The van der Waals surface area contributed by atoms with E-state index in [0.29, 0.717) is 13.0 Å². The van der Waals surface area contributed by atoms with Crippen molar-refractivity contribution in [3.05, 3.63) is 12.2 Å². The summed E-state index contributed by atoms with van der Waals surface area (Å²) in [6.07, 6.45) is 57.0. The maximum Gasteiger partial charge on any atom is 0.397 e. The van der Waals surface area contributed by atoms with Gasteiger partial charge in [0.05, 0.1) is 19.8 Å². The molecule has 1 fully saturated rings. The summed E-state index contributed by atoms with van der Waals surface area (Å²) in [5, 5.41) is 30.9. The van der Waals surface area contributed by atoms with Crippen LogP contribution in [0.2, 0.25) is 0 Å². The quantitative estimate of drug-likeness (QED) is 0.0196. The first-order valence-corrected chi connectivity index (χ1v) is 33.8. The van der Waals surface area contributed by atoms with E-state index in [4.69, 9.17) is 18.9 Å². The molecule has 13 heteroatoms. The van der Waals surface area contributed by atoms with Gasteiger partial charge in [-0.1, -0.05) is 289 Å². The topological polar surface area (TPSA) is 178 Å². The van der Waals surface area contributed by atoms with Crippen LogP contribution >= 0.6 is 0 Å². The van der Waals surface area contributed by atoms with Crippen molar-refractivity contribution in [1.82, 2.24) is 0 Å². The van der Waals surface area contributed by atoms with Crippen LogP contribution in [-0.2, 0) is 38.3 Å². The van der Waals surface area contributed by atoms with Gasteiger partial charge in [0.1, 0.15) is 30.5 Å². The molecule has 452 valence electrons. The normalized spacial score (nSPS) is 18.5. The van der Waals surface area contributed by atoms with Crippen molar-refractivity contribution in [2.24, 2.45) is 0 Å². The molecule has 0 spiro atoms. The summed E-state index contributed by atoms with van der Waals surface area (Å²) in [6.45, 7) is 4.08. The fourth-order valence-electron chi connectivity index (χ4n) is 10.5. The van der Waals surface area contributed by atoms with Crippen LogP contribution in [0.15, 0.2) is 12.2 Å². The Labute approximate surface area is 468 Å². The lowest BCUT2D eigenvalue weighted by Crippen LogP contribution is -2.60. The van der Waals surface area contributed by atoms with Crippen LogP contribution in [0.3, 0.4) is 0 Å². The predicted molar refractivity (Wildman–Crippen MR) is 313 cm³/mol. The molecule has 0 bridgehead atoms. The molecule has 0 amide bonds. The smallest absolute Gasteiger partial charge is 0.397 e. The van der Waals surface area contributed by atoms with Crippen molar-refractivity contribution in [2.75, 3.05) is 26.4 Å². The van der Waals surface area contributed by atoms with Gasteiger partial charge in [-0.15, -0.1) is 0 Å². The highest BCUT2D eigenvalue weighted by Gasteiger charge is 2.48. The number of aliphatic hydroxyl groups excluding tert-OH is 3. The Kier molecular flexibility index (Phi) is 52.2. The molecule has 4 N–H and O–H groups in total. The van der Waals surface area contributed by atoms with Gasteiger partial charge in [0.15, 0.2) is 6.29 Å². The molecule has 1 aliphatic rings. The van der Waals surface area contributed by atoms with E-state index in [9.17, 15) is 33.1 Å². The summed E-state index contributed by atoms with van der Waals surface area (Å²) in [7, 11) is -5.07. The molecular weight excluding hydrogens is 981 g/mol. The van der Waals surface area contributed by atoms with Gasteiger partial charge in [-0.2, -0.15) is 8.42 Å². The molecule has 1 heterocycles. The average molecular weight is 1100 g/mol. The number of rotatable bonds is 59. The summed E-state index contributed by atoms with van der Waals surface area (Å²) < 4.78 is 59.6. The minimum atomic E-state index is -5.07. The fourth-order valence-corrected chi connectivity index (χ4v) is 11.0. The van der Waals surface area contributed by atoms with E-state index < -0.39 is 59.8 Å². The lowest BCUT2D eigenvalue weighted by molar-refractivity contribution is -0.301. The molecule has 0 aromatic rings. The Hall–Kier alpha value is -1.16. The van der Waals surface area contributed by atoms with Gasteiger partial charge in [-0.25, -0.2) is 4.18 Å². The van der Waals surface area contributed by atoms with Crippen LogP contribution in [0.1, 0.15) is 322 Å². The Balaban J connectivity index is 2.22. The zero-order chi connectivity index (χ0) is 55.3. The first kappa shape index (κ1) is 72.9. The summed E-state index contributed by atoms with van der Waals surface area (Å²) in [5.41, 5.74) is 0. The van der Waals surface area contributed by atoms with Crippen molar-refractivity contribution in [3.8, 4) is 0 Å². The number of carbonyl (C=O) groups excluding carboxylic acids is 1. The molecule has 0 aromatic carbocycles. The molecule has 1 aliphatic heterocycles. The fraction of sp³-hybridized carbons (Fsp3) is 0.952. The molecule has 1 rings (SSSR count). The Morgan fingerprint density at radius 3 is 1.18 bits per heavy atom. The largest absolute Gasteiger partial charge is 0.457 e. The van der Waals surface area contributed by atoms with Crippen LogP contribution < -0.4 is 0 Å². The van der Waals surface area contributed by atoms with Crippen molar-refractivity contribution in [2.45, 2.75) is 359 Å². The molecular formula is C63H122O12S. The number of hydrogen-bond donors (Lipinski definition) is 4. The first-order valence-electron chi connectivity index (χ1n) is 32.4. The minimum absolute atomic E-state index is 0.0431. The van der Waals surface area contributed by atoms with Gasteiger partial charge in [-0.3, -0.25) is 9.35 Å². The van der Waals surface area contributed by atoms with Crippen molar-refractivity contribution in [1.29, 1.82) is 0 Å². The number of hydrogen-bond acceptors (Lipinski definition) is 11. The Bertz CT molecular complexity index is 1370. The number of unbranched alkanes of at least 4 members (excludes halogenated alkanes) is 44. The van der Waals surface area contributed by atoms with Crippen LogP contribution in [0, 0.1) is 0 Å². The highest BCUT2D eigenvalue weighted by Crippen LogP contribution is 2.26. The Morgan fingerprint density at radius 1 is 0.487 bits per heavy atom. The van der Waals surface area contributed by atoms with Gasteiger partial charge in [0.2, 0.25) is 0 Å². The van der Waals surface area contributed by atoms with E-state index in [2.05, 4.69) is 30.2 Å². The number of ether oxygens (including phenoxy) is 4. The molecule has 76 heavy (non-hydrogen) atoms. The van der Waals surface area contributed by atoms with Crippen molar-refractivity contribution in [3.63, 3.8) is 0 Å². The molecule has 12 nitrogen and oxygen atoms in total. The van der Waals surface area contributed by atoms with Gasteiger partial charge < -0.3 is 34.3 Å². The molecule has 0 saturated carbocycles. The second-order valence-electron chi connectivity index (χ2n) is 22.7. The van der Waals surface area contributed by atoms with E-state index in [0.717, 1.165) is 38.5 Å².